The fourth-order valence-electron chi connectivity index (χ4n) is 2.42. The van der Waals surface area contributed by atoms with Crippen molar-refractivity contribution < 1.29 is 0 Å². The van der Waals surface area contributed by atoms with Gasteiger partial charge in [0.1, 0.15) is 0 Å². The van der Waals surface area contributed by atoms with Gasteiger partial charge in [0.15, 0.2) is 5.96 Å². The van der Waals surface area contributed by atoms with E-state index in [0.29, 0.717) is 0 Å². The fraction of sp³-hybridized carbons (Fsp3) is 0.611. The lowest BCUT2D eigenvalue weighted by atomic mass is 10.2. The van der Waals surface area contributed by atoms with Gasteiger partial charge in [0, 0.05) is 55.2 Å². The maximum atomic E-state index is 4.31. The Morgan fingerprint density at radius 2 is 1.88 bits per heavy atom. The molecule has 0 amide bonds. The number of guanidine groups is 1. The maximum Gasteiger partial charge on any atom is 0.191 e. The van der Waals surface area contributed by atoms with Crippen LogP contribution in [0.15, 0.2) is 29.3 Å². The first-order valence-corrected chi connectivity index (χ1v) is 10.8. The SMILES string of the molecule is CN=C(NCc1ccc(N2CCSCC2)cc1)NCC(C)(C)SC. The van der Waals surface area contributed by atoms with E-state index in [1.807, 2.05) is 30.6 Å². The highest BCUT2D eigenvalue weighted by atomic mass is 32.2. The number of aliphatic imine (C=N–C) groups is 1. The lowest BCUT2D eigenvalue weighted by Gasteiger charge is -2.28. The van der Waals surface area contributed by atoms with Crippen LogP contribution in [0.3, 0.4) is 0 Å². The summed E-state index contributed by atoms with van der Waals surface area (Å²) in [5.41, 5.74) is 2.61. The van der Waals surface area contributed by atoms with E-state index < -0.39 is 0 Å². The van der Waals surface area contributed by atoms with E-state index in [1.54, 1.807) is 0 Å². The van der Waals surface area contributed by atoms with Crippen molar-refractivity contribution in [3.8, 4) is 0 Å². The molecule has 0 radical (unpaired) electrons. The van der Waals surface area contributed by atoms with Crippen molar-refractivity contribution in [3.63, 3.8) is 0 Å². The van der Waals surface area contributed by atoms with Gasteiger partial charge in [-0.15, -0.1) is 0 Å². The molecule has 0 bridgehead atoms. The van der Waals surface area contributed by atoms with Crippen LogP contribution in [-0.4, -0.2) is 55.1 Å². The summed E-state index contributed by atoms with van der Waals surface area (Å²) in [6, 6.07) is 8.90. The smallest absolute Gasteiger partial charge is 0.191 e. The zero-order valence-corrected chi connectivity index (χ0v) is 16.9. The summed E-state index contributed by atoms with van der Waals surface area (Å²) in [6.45, 7) is 8.45. The molecule has 2 rings (SSSR count). The van der Waals surface area contributed by atoms with Crippen LogP contribution in [0.2, 0.25) is 0 Å². The fourth-order valence-corrected chi connectivity index (χ4v) is 3.54. The highest BCUT2D eigenvalue weighted by Crippen LogP contribution is 2.20. The molecule has 134 valence electrons. The molecule has 1 fully saturated rings. The van der Waals surface area contributed by atoms with Gasteiger partial charge >= 0.3 is 0 Å². The first-order valence-electron chi connectivity index (χ1n) is 8.45. The second-order valence-electron chi connectivity index (χ2n) is 6.51. The van der Waals surface area contributed by atoms with Crippen molar-refractivity contribution in [2.45, 2.75) is 25.1 Å². The second-order valence-corrected chi connectivity index (χ2v) is 9.25. The van der Waals surface area contributed by atoms with E-state index in [9.17, 15) is 0 Å². The summed E-state index contributed by atoms with van der Waals surface area (Å²) in [4.78, 5) is 6.78. The van der Waals surface area contributed by atoms with E-state index in [1.165, 1.54) is 22.8 Å². The Morgan fingerprint density at radius 1 is 1.21 bits per heavy atom. The van der Waals surface area contributed by atoms with Crippen molar-refractivity contribution in [1.82, 2.24) is 10.6 Å². The molecule has 6 heteroatoms. The molecule has 4 nitrogen and oxygen atoms in total. The minimum absolute atomic E-state index is 0.200. The highest BCUT2D eigenvalue weighted by molar-refractivity contribution is 8.00. The van der Waals surface area contributed by atoms with Gasteiger partial charge < -0.3 is 15.5 Å². The molecular formula is C18H30N4S2. The van der Waals surface area contributed by atoms with Crippen molar-refractivity contribution in [3.05, 3.63) is 29.8 Å². The molecule has 1 aliphatic rings. The third-order valence-electron chi connectivity index (χ3n) is 4.23. The summed E-state index contributed by atoms with van der Waals surface area (Å²) in [6.07, 6.45) is 2.14. The minimum atomic E-state index is 0.200. The Kier molecular flexibility index (Phi) is 7.62. The van der Waals surface area contributed by atoms with Gasteiger partial charge in [0.2, 0.25) is 0 Å². The van der Waals surface area contributed by atoms with Gasteiger partial charge in [-0.25, -0.2) is 0 Å². The Morgan fingerprint density at radius 3 is 2.46 bits per heavy atom. The van der Waals surface area contributed by atoms with Crippen LogP contribution in [-0.2, 0) is 6.54 Å². The third-order valence-corrected chi connectivity index (χ3v) is 6.42. The normalized spacial score (nSPS) is 16.2. The topological polar surface area (TPSA) is 39.7 Å². The number of benzene rings is 1. The molecule has 0 spiro atoms. The summed E-state index contributed by atoms with van der Waals surface area (Å²) >= 11 is 3.90. The molecule has 1 heterocycles. The minimum Gasteiger partial charge on any atom is -0.370 e. The predicted octanol–water partition coefficient (Wildman–Crippen LogP) is 3.05. The van der Waals surface area contributed by atoms with Crippen LogP contribution in [0.1, 0.15) is 19.4 Å². The highest BCUT2D eigenvalue weighted by Gasteiger charge is 2.16. The first kappa shape index (κ1) is 19.3. The molecule has 2 N–H and O–H groups in total. The Hall–Kier alpha value is -1.01. The number of thioether (sulfide) groups is 2. The molecule has 0 aliphatic carbocycles. The molecule has 0 aromatic heterocycles. The summed E-state index contributed by atoms with van der Waals surface area (Å²) < 4.78 is 0.200. The van der Waals surface area contributed by atoms with E-state index in [-0.39, 0.29) is 4.75 Å². The largest absolute Gasteiger partial charge is 0.370 e. The van der Waals surface area contributed by atoms with Crippen LogP contribution in [0.4, 0.5) is 5.69 Å². The second kappa shape index (κ2) is 9.47. The van der Waals surface area contributed by atoms with Crippen LogP contribution in [0.25, 0.3) is 0 Å². The predicted molar refractivity (Wildman–Crippen MR) is 112 cm³/mol. The number of hydrogen-bond donors (Lipinski definition) is 2. The first-order chi connectivity index (χ1) is 11.5. The summed E-state index contributed by atoms with van der Waals surface area (Å²) in [5.74, 6) is 3.32. The van der Waals surface area contributed by atoms with Gasteiger partial charge in [-0.3, -0.25) is 4.99 Å². The molecule has 24 heavy (non-hydrogen) atoms. The average Bonchev–Trinajstić information content (AvgIpc) is 2.63. The van der Waals surface area contributed by atoms with E-state index in [0.717, 1.165) is 32.1 Å². The molecule has 1 saturated heterocycles. The van der Waals surface area contributed by atoms with Gasteiger partial charge in [0.25, 0.3) is 0 Å². The van der Waals surface area contributed by atoms with Gasteiger partial charge in [-0.05, 0) is 37.8 Å². The van der Waals surface area contributed by atoms with E-state index >= 15 is 0 Å². The zero-order chi connectivity index (χ0) is 17.4. The molecule has 0 atom stereocenters. The van der Waals surface area contributed by atoms with E-state index in [2.05, 4.69) is 64.9 Å². The van der Waals surface area contributed by atoms with Gasteiger partial charge in [0.05, 0.1) is 0 Å². The molecule has 1 aromatic rings. The Bertz CT molecular complexity index is 522. The van der Waals surface area contributed by atoms with Crippen molar-refractivity contribution in [2.24, 2.45) is 4.99 Å². The quantitative estimate of drug-likeness (QED) is 0.598. The number of anilines is 1. The Labute approximate surface area is 155 Å². The third kappa shape index (κ3) is 6.13. The number of nitrogens with one attached hydrogen (secondary N) is 2. The average molecular weight is 367 g/mol. The molecule has 1 aromatic carbocycles. The van der Waals surface area contributed by atoms with Crippen molar-refractivity contribution in [2.75, 3.05) is 49.3 Å². The van der Waals surface area contributed by atoms with Crippen molar-refractivity contribution in [1.29, 1.82) is 0 Å². The van der Waals surface area contributed by atoms with Crippen LogP contribution < -0.4 is 15.5 Å². The monoisotopic (exact) mass is 366 g/mol. The van der Waals surface area contributed by atoms with Crippen LogP contribution in [0, 0.1) is 0 Å². The summed E-state index contributed by atoms with van der Waals surface area (Å²) in [7, 11) is 1.82. The molecule has 1 aliphatic heterocycles. The van der Waals surface area contributed by atoms with Crippen molar-refractivity contribution >= 4 is 35.2 Å². The maximum absolute atomic E-state index is 4.31. The molecular weight excluding hydrogens is 336 g/mol. The lowest BCUT2D eigenvalue weighted by Crippen LogP contribution is -2.43. The molecule has 0 unspecified atom stereocenters. The lowest BCUT2D eigenvalue weighted by molar-refractivity contribution is 0.664. The number of rotatable bonds is 6. The molecule has 0 saturated carbocycles. The van der Waals surface area contributed by atoms with Crippen LogP contribution >= 0.6 is 23.5 Å². The number of nitrogens with zero attached hydrogens (tertiary/aromatic N) is 2. The van der Waals surface area contributed by atoms with Gasteiger partial charge in [-0.2, -0.15) is 23.5 Å². The summed E-state index contributed by atoms with van der Waals surface area (Å²) in [5, 5.41) is 6.80. The zero-order valence-electron chi connectivity index (χ0n) is 15.3. The Balaban J connectivity index is 1.82. The standard InChI is InChI=1S/C18H30N4S2/c1-18(2,23-4)14-21-17(19-3)20-13-15-5-7-16(8-6-15)22-9-11-24-12-10-22/h5-8H,9-14H2,1-4H3,(H2,19,20,21). The number of hydrogen-bond acceptors (Lipinski definition) is 4. The van der Waals surface area contributed by atoms with Crippen LogP contribution in [0.5, 0.6) is 0 Å². The van der Waals surface area contributed by atoms with Gasteiger partial charge in [-0.1, -0.05) is 12.1 Å². The van der Waals surface area contributed by atoms with E-state index in [4.69, 9.17) is 0 Å².